The summed E-state index contributed by atoms with van der Waals surface area (Å²) in [7, 11) is 2.05. The summed E-state index contributed by atoms with van der Waals surface area (Å²) in [5.41, 5.74) is 1.02. The van der Waals surface area contributed by atoms with Gasteiger partial charge in [0.1, 0.15) is 0 Å². The van der Waals surface area contributed by atoms with Gasteiger partial charge in [0.2, 0.25) is 10.0 Å². The summed E-state index contributed by atoms with van der Waals surface area (Å²) in [6.07, 6.45) is 0. The quantitative estimate of drug-likeness (QED) is 0.826. The first-order valence-corrected chi connectivity index (χ1v) is 7.85. The molecule has 0 aliphatic rings. The molecule has 6 heteroatoms. The molecule has 0 aliphatic carbocycles. The van der Waals surface area contributed by atoms with Crippen LogP contribution in [0.2, 0.25) is 0 Å². The van der Waals surface area contributed by atoms with Crippen LogP contribution in [-0.2, 0) is 10.0 Å². The molecule has 102 valence electrons. The molecule has 1 aromatic rings. The first-order chi connectivity index (χ1) is 8.25. The van der Waals surface area contributed by atoms with Crippen LogP contribution in [0.3, 0.4) is 0 Å². The molecule has 0 aromatic heterocycles. The Hall–Kier alpha value is -0.430. The second-order valence-corrected chi connectivity index (χ2v) is 7.44. The lowest BCUT2D eigenvalue weighted by molar-refractivity contribution is 0.358. The Balaban J connectivity index is 2.95. The van der Waals surface area contributed by atoms with Crippen LogP contribution < -0.4 is 0 Å². The minimum Gasteiger partial charge on any atom is -0.308 e. The van der Waals surface area contributed by atoms with Crippen molar-refractivity contribution in [2.24, 2.45) is 0 Å². The lowest BCUT2D eigenvalue weighted by Crippen LogP contribution is -2.33. The zero-order chi connectivity index (χ0) is 13.9. The van der Waals surface area contributed by atoms with E-state index in [4.69, 9.17) is 0 Å². The number of nitrogens with zero attached hydrogens (tertiary/aromatic N) is 2. The summed E-state index contributed by atoms with van der Waals surface area (Å²) < 4.78 is 26.8. The maximum absolute atomic E-state index is 12.3. The van der Waals surface area contributed by atoms with Gasteiger partial charge in [-0.1, -0.05) is 22.0 Å². The fourth-order valence-electron chi connectivity index (χ4n) is 1.37. The van der Waals surface area contributed by atoms with E-state index in [1.54, 1.807) is 25.2 Å². The Bertz CT molecular complexity index is 515. The van der Waals surface area contributed by atoms with Crippen LogP contribution >= 0.6 is 15.9 Å². The number of benzene rings is 1. The lowest BCUT2D eigenvalue weighted by Gasteiger charge is -2.19. The highest BCUT2D eigenvalue weighted by Crippen LogP contribution is 2.22. The van der Waals surface area contributed by atoms with E-state index in [-0.39, 0.29) is 0 Å². The molecule has 1 rings (SSSR count). The van der Waals surface area contributed by atoms with E-state index in [0.717, 1.165) is 10.0 Å². The molecule has 0 heterocycles. The number of aryl methyl sites for hydroxylation is 1. The molecule has 0 spiro atoms. The zero-order valence-corrected chi connectivity index (χ0v) is 13.5. The van der Waals surface area contributed by atoms with Gasteiger partial charge in [-0.2, -0.15) is 4.31 Å². The summed E-state index contributed by atoms with van der Waals surface area (Å²) in [5, 5.41) is 0. The molecule has 0 saturated heterocycles. The maximum Gasteiger partial charge on any atom is 0.242 e. The molecule has 4 nitrogen and oxygen atoms in total. The third-order valence-corrected chi connectivity index (χ3v) is 5.42. The van der Waals surface area contributed by atoms with Gasteiger partial charge >= 0.3 is 0 Å². The van der Waals surface area contributed by atoms with Crippen molar-refractivity contribution in [2.45, 2.75) is 11.8 Å². The van der Waals surface area contributed by atoms with Crippen LogP contribution in [-0.4, -0.2) is 51.9 Å². The van der Waals surface area contributed by atoms with Crippen molar-refractivity contribution in [3.8, 4) is 0 Å². The highest BCUT2D eigenvalue weighted by atomic mass is 79.9. The number of likely N-dealkylation sites (N-methyl/N-ethyl adjacent to an activating group) is 2. The molecule has 0 fully saturated rings. The molecule has 0 amide bonds. The largest absolute Gasteiger partial charge is 0.308 e. The van der Waals surface area contributed by atoms with Gasteiger partial charge in [-0.05, 0) is 38.7 Å². The van der Waals surface area contributed by atoms with Crippen LogP contribution in [0.15, 0.2) is 27.6 Å². The van der Waals surface area contributed by atoms with Crippen LogP contribution in [0.4, 0.5) is 0 Å². The Morgan fingerprint density at radius 1 is 1.17 bits per heavy atom. The number of halogens is 1. The third-order valence-electron chi connectivity index (χ3n) is 2.71. The van der Waals surface area contributed by atoms with Crippen LogP contribution in [0.5, 0.6) is 0 Å². The molecule has 18 heavy (non-hydrogen) atoms. The van der Waals surface area contributed by atoms with Gasteiger partial charge in [-0.15, -0.1) is 0 Å². The van der Waals surface area contributed by atoms with E-state index in [1.165, 1.54) is 4.31 Å². The second kappa shape index (κ2) is 6.14. The topological polar surface area (TPSA) is 40.6 Å². The Morgan fingerprint density at radius 3 is 2.28 bits per heavy atom. The standard InChI is InChI=1S/C12H19BrN2O2S/c1-10-5-6-11(9-12(10)13)18(16,17)15(4)8-7-14(2)3/h5-6,9H,7-8H2,1-4H3. The second-order valence-electron chi connectivity index (χ2n) is 4.54. The van der Waals surface area contributed by atoms with Gasteiger partial charge in [0.15, 0.2) is 0 Å². The fourth-order valence-corrected chi connectivity index (χ4v) is 3.09. The van der Waals surface area contributed by atoms with E-state index in [1.807, 2.05) is 25.9 Å². The van der Waals surface area contributed by atoms with Gasteiger partial charge in [0, 0.05) is 24.6 Å². The highest BCUT2D eigenvalue weighted by Gasteiger charge is 2.20. The molecule has 0 aliphatic heterocycles. The van der Waals surface area contributed by atoms with Gasteiger partial charge < -0.3 is 4.90 Å². The number of rotatable bonds is 5. The molecule has 0 atom stereocenters. The van der Waals surface area contributed by atoms with E-state index >= 15 is 0 Å². The Morgan fingerprint density at radius 2 is 1.78 bits per heavy atom. The van der Waals surface area contributed by atoms with Gasteiger partial charge in [0.05, 0.1) is 4.90 Å². The van der Waals surface area contributed by atoms with Gasteiger partial charge in [0.25, 0.3) is 0 Å². The number of hydrogen-bond acceptors (Lipinski definition) is 3. The molecule has 0 bridgehead atoms. The number of sulfonamides is 1. The van der Waals surface area contributed by atoms with Crippen LogP contribution in [0.25, 0.3) is 0 Å². The average molecular weight is 335 g/mol. The van der Waals surface area contributed by atoms with E-state index in [0.29, 0.717) is 18.0 Å². The number of hydrogen-bond donors (Lipinski definition) is 0. The zero-order valence-electron chi connectivity index (χ0n) is 11.1. The monoisotopic (exact) mass is 334 g/mol. The minimum absolute atomic E-state index is 0.321. The summed E-state index contributed by atoms with van der Waals surface area (Å²) in [6.45, 7) is 3.10. The van der Waals surface area contributed by atoms with Crippen molar-refractivity contribution in [1.29, 1.82) is 0 Å². The van der Waals surface area contributed by atoms with Gasteiger partial charge in [-0.25, -0.2) is 8.42 Å². The summed E-state index contributed by atoms with van der Waals surface area (Å²) in [5.74, 6) is 0. The Kier molecular flexibility index (Phi) is 5.33. The average Bonchev–Trinajstić information content (AvgIpc) is 2.29. The van der Waals surface area contributed by atoms with Crippen molar-refractivity contribution in [3.05, 3.63) is 28.2 Å². The predicted octanol–water partition coefficient (Wildman–Crippen LogP) is 1.94. The molecular formula is C12H19BrN2O2S. The molecule has 1 aromatic carbocycles. The van der Waals surface area contributed by atoms with Gasteiger partial charge in [-0.3, -0.25) is 0 Å². The SMILES string of the molecule is Cc1ccc(S(=O)(=O)N(C)CCN(C)C)cc1Br. The van der Waals surface area contributed by atoms with Crippen molar-refractivity contribution in [3.63, 3.8) is 0 Å². The van der Waals surface area contributed by atoms with E-state index < -0.39 is 10.0 Å². The normalized spacial score (nSPS) is 12.4. The van der Waals surface area contributed by atoms with E-state index in [9.17, 15) is 8.42 Å². The van der Waals surface area contributed by atoms with Crippen LogP contribution in [0, 0.1) is 6.92 Å². The maximum atomic E-state index is 12.3. The lowest BCUT2D eigenvalue weighted by atomic mass is 10.2. The van der Waals surface area contributed by atoms with Crippen LogP contribution in [0.1, 0.15) is 5.56 Å². The molecule has 0 saturated carbocycles. The first-order valence-electron chi connectivity index (χ1n) is 5.62. The van der Waals surface area contributed by atoms with Crippen molar-refractivity contribution in [1.82, 2.24) is 9.21 Å². The molecular weight excluding hydrogens is 316 g/mol. The van der Waals surface area contributed by atoms with Crippen molar-refractivity contribution >= 4 is 26.0 Å². The summed E-state index contributed by atoms with van der Waals surface area (Å²) in [4.78, 5) is 2.28. The smallest absolute Gasteiger partial charge is 0.242 e. The summed E-state index contributed by atoms with van der Waals surface area (Å²) >= 11 is 3.36. The highest BCUT2D eigenvalue weighted by molar-refractivity contribution is 9.10. The first kappa shape index (κ1) is 15.6. The summed E-state index contributed by atoms with van der Waals surface area (Å²) in [6, 6.07) is 5.09. The van der Waals surface area contributed by atoms with E-state index in [2.05, 4.69) is 15.9 Å². The fraction of sp³-hybridized carbons (Fsp3) is 0.500. The minimum atomic E-state index is -3.40. The molecule has 0 unspecified atom stereocenters. The van der Waals surface area contributed by atoms with Crippen molar-refractivity contribution < 1.29 is 8.42 Å². The van der Waals surface area contributed by atoms with Crippen molar-refractivity contribution in [2.75, 3.05) is 34.2 Å². The predicted molar refractivity (Wildman–Crippen MR) is 77.2 cm³/mol. The Labute approximate surface area is 118 Å². The molecule has 0 radical (unpaired) electrons. The third kappa shape index (κ3) is 3.78. The molecule has 0 N–H and O–H groups in total.